The van der Waals surface area contributed by atoms with Crippen molar-refractivity contribution in [2.24, 2.45) is 0 Å². The van der Waals surface area contributed by atoms with Gasteiger partial charge in [-0.25, -0.2) is 0 Å². The number of hydrogen-bond acceptors (Lipinski definition) is 3. The minimum atomic E-state index is 0.594. The zero-order valence-corrected chi connectivity index (χ0v) is 14.2. The van der Waals surface area contributed by atoms with Crippen LogP contribution in [0.5, 0.6) is 0 Å². The summed E-state index contributed by atoms with van der Waals surface area (Å²) in [6, 6.07) is 5.77. The number of thioether (sulfide) groups is 1. The zero-order chi connectivity index (χ0) is 14.5. The Hall–Kier alpha value is -0.260. The molecule has 1 aromatic carbocycles. The summed E-state index contributed by atoms with van der Waals surface area (Å²) in [6.45, 7) is 6.42. The van der Waals surface area contributed by atoms with Gasteiger partial charge in [0, 0.05) is 13.1 Å². The molecule has 0 aliphatic carbocycles. The number of hydrogen-bond donors (Lipinski definition) is 0. The second-order valence-corrected chi connectivity index (χ2v) is 6.98. The van der Waals surface area contributed by atoms with E-state index in [9.17, 15) is 0 Å². The molecule has 1 heterocycles. The molecule has 1 aliphatic heterocycles. The van der Waals surface area contributed by atoms with Crippen molar-refractivity contribution in [2.75, 3.05) is 25.6 Å². The number of benzene rings is 1. The van der Waals surface area contributed by atoms with Crippen molar-refractivity contribution in [2.45, 2.75) is 6.42 Å². The van der Waals surface area contributed by atoms with E-state index in [2.05, 4.69) is 16.4 Å². The highest BCUT2D eigenvalue weighted by molar-refractivity contribution is 8.22. The van der Waals surface area contributed by atoms with Crippen molar-refractivity contribution in [3.63, 3.8) is 0 Å². The van der Waals surface area contributed by atoms with Crippen LogP contribution in [0.25, 0.3) is 0 Å². The molecule has 1 aromatic rings. The van der Waals surface area contributed by atoms with Crippen molar-refractivity contribution < 1.29 is 0 Å². The molecule has 20 heavy (non-hydrogen) atoms. The van der Waals surface area contributed by atoms with Gasteiger partial charge in [-0.15, -0.1) is 6.58 Å². The van der Waals surface area contributed by atoms with Crippen molar-refractivity contribution in [3.8, 4) is 0 Å². The number of halogens is 2. The Kier molecular flexibility index (Phi) is 6.18. The molecule has 0 spiro atoms. The first-order chi connectivity index (χ1) is 9.60. The maximum atomic E-state index is 6.03. The number of nitrogens with zero attached hydrogens (tertiary/aromatic N) is 2. The van der Waals surface area contributed by atoms with Gasteiger partial charge >= 0.3 is 0 Å². The fourth-order valence-corrected chi connectivity index (χ4v) is 3.43. The molecule has 0 N–H and O–H groups in total. The third kappa shape index (κ3) is 4.37. The molecule has 1 aliphatic rings. The lowest BCUT2D eigenvalue weighted by atomic mass is 10.1. The zero-order valence-electron chi connectivity index (χ0n) is 11.0. The first kappa shape index (κ1) is 16.1. The molecule has 0 atom stereocenters. The maximum absolute atomic E-state index is 6.03. The van der Waals surface area contributed by atoms with E-state index in [0.29, 0.717) is 10.0 Å². The van der Waals surface area contributed by atoms with Crippen molar-refractivity contribution >= 4 is 51.5 Å². The van der Waals surface area contributed by atoms with E-state index in [1.54, 1.807) is 11.8 Å². The second kappa shape index (κ2) is 7.66. The van der Waals surface area contributed by atoms with Crippen LogP contribution in [-0.2, 0) is 6.42 Å². The lowest BCUT2D eigenvalue weighted by Gasteiger charge is -2.36. The van der Waals surface area contributed by atoms with Gasteiger partial charge in [0.05, 0.1) is 22.6 Å². The van der Waals surface area contributed by atoms with Gasteiger partial charge in [0.25, 0.3) is 0 Å². The molecule has 1 fully saturated rings. The Morgan fingerprint density at radius 1 is 1.35 bits per heavy atom. The molecule has 0 bridgehead atoms. The predicted molar refractivity (Wildman–Crippen MR) is 93.7 cm³/mol. The number of rotatable bonds is 5. The summed E-state index contributed by atoms with van der Waals surface area (Å²) in [5.74, 6) is 0.939. The monoisotopic (exact) mass is 346 g/mol. The van der Waals surface area contributed by atoms with Crippen molar-refractivity contribution in [3.05, 3.63) is 46.5 Å². The second-order valence-electron chi connectivity index (χ2n) is 4.58. The highest BCUT2D eigenvalue weighted by Gasteiger charge is 2.20. The van der Waals surface area contributed by atoms with Gasteiger partial charge in [-0.1, -0.05) is 59.3 Å². The molecular weight excluding hydrogens is 331 g/mol. The standard InChI is InChI=1S/C14H16Cl2N2S2/c1-2-6-17-9-18(14(19)20-10-17)7-5-11-3-4-12(15)13(16)8-11/h2-4,8H,1,5-7,9-10H2. The minimum Gasteiger partial charge on any atom is -0.344 e. The van der Waals surface area contributed by atoms with Gasteiger partial charge < -0.3 is 4.90 Å². The Morgan fingerprint density at radius 3 is 2.85 bits per heavy atom. The van der Waals surface area contributed by atoms with E-state index >= 15 is 0 Å². The summed E-state index contributed by atoms with van der Waals surface area (Å²) < 4.78 is 0.963. The molecule has 2 rings (SSSR count). The van der Waals surface area contributed by atoms with Gasteiger partial charge in [-0.2, -0.15) is 0 Å². The average Bonchev–Trinajstić information content (AvgIpc) is 2.43. The smallest absolute Gasteiger partial charge is 0.138 e. The summed E-state index contributed by atoms with van der Waals surface area (Å²) in [7, 11) is 0. The molecule has 1 saturated heterocycles. The first-order valence-corrected chi connectivity index (χ1v) is 8.44. The van der Waals surface area contributed by atoms with Crippen LogP contribution in [0.3, 0.4) is 0 Å². The van der Waals surface area contributed by atoms with Crippen LogP contribution >= 0.6 is 47.2 Å². The average molecular weight is 347 g/mol. The van der Waals surface area contributed by atoms with Crippen LogP contribution in [0.2, 0.25) is 10.0 Å². The van der Waals surface area contributed by atoms with Crippen LogP contribution in [0.1, 0.15) is 5.56 Å². The summed E-state index contributed by atoms with van der Waals surface area (Å²) >= 11 is 19.1. The molecule has 2 nitrogen and oxygen atoms in total. The van der Waals surface area contributed by atoms with E-state index in [0.717, 1.165) is 36.4 Å². The van der Waals surface area contributed by atoms with Gasteiger partial charge in [0.1, 0.15) is 4.32 Å². The summed E-state index contributed by atoms with van der Waals surface area (Å²) in [6.07, 6.45) is 2.82. The van der Waals surface area contributed by atoms with Crippen molar-refractivity contribution in [1.29, 1.82) is 0 Å². The van der Waals surface area contributed by atoms with E-state index in [4.69, 9.17) is 35.4 Å². The molecule has 108 valence electrons. The lowest BCUT2D eigenvalue weighted by Crippen LogP contribution is -2.45. The highest BCUT2D eigenvalue weighted by atomic mass is 35.5. The first-order valence-electron chi connectivity index (χ1n) is 6.29. The molecule has 0 saturated carbocycles. The molecule has 0 amide bonds. The van der Waals surface area contributed by atoms with E-state index in [-0.39, 0.29) is 0 Å². The summed E-state index contributed by atoms with van der Waals surface area (Å²) in [4.78, 5) is 4.53. The summed E-state index contributed by atoms with van der Waals surface area (Å²) in [5.41, 5.74) is 1.17. The highest BCUT2D eigenvalue weighted by Crippen LogP contribution is 2.24. The van der Waals surface area contributed by atoms with E-state index in [1.165, 1.54) is 5.56 Å². The van der Waals surface area contributed by atoms with E-state index < -0.39 is 0 Å². The van der Waals surface area contributed by atoms with Gasteiger partial charge in [0.15, 0.2) is 0 Å². The van der Waals surface area contributed by atoms with Crippen LogP contribution < -0.4 is 0 Å². The molecular formula is C14H16Cl2N2S2. The van der Waals surface area contributed by atoms with Crippen LogP contribution in [0.4, 0.5) is 0 Å². The Bertz CT molecular complexity index is 508. The molecule has 0 unspecified atom stereocenters. The topological polar surface area (TPSA) is 6.48 Å². The van der Waals surface area contributed by atoms with Gasteiger partial charge in [-0.3, -0.25) is 4.90 Å². The summed E-state index contributed by atoms with van der Waals surface area (Å²) in [5, 5.41) is 1.20. The quantitative estimate of drug-likeness (QED) is 0.579. The Morgan fingerprint density at radius 2 is 2.15 bits per heavy atom. The van der Waals surface area contributed by atoms with Crippen LogP contribution in [0.15, 0.2) is 30.9 Å². The van der Waals surface area contributed by atoms with Crippen LogP contribution in [0, 0.1) is 0 Å². The number of thiocarbonyl (C=S) groups is 1. The van der Waals surface area contributed by atoms with Gasteiger partial charge in [0.2, 0.25) is 0 Å². The minimum absolute atomic E-state index is 0.594. The fourth-order valence-electron chi connectivity index (χ4n) is 1.99. The van der Waals surface area contributed by atoms with Crippen molar-refractivity contribution in [1.82, 2.24) is 9.80 Å². The Balaban J connectivity index is 1.92. The van der Waals surface area contributed by atoms with E-state index in [1.807, 2.05) is 24.3 Å². The van der Waals surface area contributed by atoms with Crippen LogP contribution in [-0.4, -0.2) is 39.8 Å². The Labute approximate surface area is 139 Å². The molecule has 0 radical (unpaired) electrons. The molecule has 6 heteroatoms. The SMILES string of the molecule is C=CCN1CSC(=S)N(CCc2ccc(Cl)c(Cl)c2)C1. The third-order valence-electron chi connectivity index (χ3n) is 3.04. The maximum Gasteiger partial charge on any atom is 0.138 e. The fraction of sp³-hybridized carbons (Fsp3) is 0.357. The normalized spacial score (nSPS) is 16.5. The largest absolute Gasteiger partial charge is 0.344 e. The lowest BCUT2D eigenvalue weighted by molar-refractivity contribution is 0.231. The predicted octanol–water partition coefficient (Wildman–Crippen LogP) is 4.27. The van der Waals surface area contributed by atoms with Gasteiger partial charge in [-0.05, 0) is 24.1 Å². The third-order valence-corrected chi connectivity index (χ3v) is 5.39. The molecule has 0 aromatic heterocycles.